The lowest BCUT2D eigenvalue weighted by Gasteiger charge is -2.07. The zero-order valence-electron chi connectivity index (χ0n) is 8.23. The van der Waals surface area contributed by atoms with Crippen LogP contribution in [0, 0.1) is 0 Å². The first-order chi connectivity index (χ1) is 7.97. The molecule has 2 rings (SSSR count). The van der Waals surface area contributed by atoms with E-state index in [2.05, 4.69) is 4.98 Å². The first-order valence-electron chi connectivity index (χ1n) is 4.52. The van der Waals surface area contributed by atoms with Crippen molar-refractivity contribution in [3.63, 3.8) is 0 Å². The molecule has 6 heteroatoms. The van der Waals surface area contributed by atoms with E-state index in [4.69, 9.17) is 46.4 Å². The van der Waals surface area contributed by atoms with E-state index in [-0.39, 0.29) is 10.7 Å². The van der Waals surface area contributed by atoms with Gasteiger partial charge in [-0.25, -0.2) is 0 Å². The molecule has 0 amide bonds. The highest BCUT2D eigenvalue weighted by Crippen LogP contribution is 2.36. The number of aromatic nitrogens is 1. The van der Waals surface area contributed by atoms with Gasteiger partial charge >= 0.3 is 0 Å². The molecular weight excluding hydrogens is 304 g/mol. The second kappa shape index (κ2) is 4.91. The number of rotatable bonds is 1. The number of halogens is 4. The van der Waals surface area contributed by atoms with E-state index in [9.17, 15) is 4.79 Å². The Bertz CT molecular complexity index is 636. The average molecular weight is 309 g/mol. The number of hydrogen-bond donors (Lipinski definition) is 1. The van der Waals surface area contributed by atoms with Gasteiger partial charge in [0.1, 0.15) is 5.15 Å². The topological polar surface area (TPSA) is 32.9 Å². The Hall–Kier alpha value is -0.670. The molecule has 0 bridgehead atoms. The molecule has 88 valence electrons. The zero-order valence-corrected chi connectivity index (χ0v) is 11.3. The molecule has 0 aliphatic carbocycles. The maximum absolute atomic E-state index is 11.3. The minimum Gasteiger partial charge on any atom is -0.313 e. The van der Waals surface area contributed by atoms with Crippen molar-refractivity contribution in [3.05, 3.63) is 54.8 Å². The van der Waals surface area contributed by atoms with Crippen LogP contribution in [0.2, 0.25) is 20.2 Å². The quantitative estimate of drug-likeness (QED) is 0.603. The molecule has 0 radical (unpaired) electrons. The van der Waals surface area contributed by atoms with Gasteiger partial charge in [0.15, 0.2) is 0 Å². The van der Waals surface area contributed by atoms with Gasteiger partial charge < -0.3 is 4.98 Å². The van der Waals surface area contributed by atoms with Crippen LogP contribution >= 0.6 is 46.4 Å². The predicted molar refractivity (Wildman–Crippen MR) is 72.5 cm³/mol. The van der Waals surface area contributed by atoms with Gasteiger partial charge in [0.2, 0.25) is 5.56 Å². The van der Waals surface area contributed by atoms with Gasteiger partial charge in [-0.1, -0.05) is 46.4 Å². The van der Waals surface area contributed by atoms with Crippen LogP contribution < -0.4 is 5.56 Å². The number of pyridine rings is 1. The summed E-state index contributed by atoms with van der Waals surface area (Å²) in [5, 5.41) is 1.31. The molecule has 0 fully saturated rings. The molecule has 0 aliphatic rings. The highest BCUT2D eigenvalue weighted by molar-refractivity contribution is 6.45. The molecule has 0 atom stereocenters. The van der Waals surface area contributed by atoms with Crippen LogP contribution in [0.1, 0.15) is 0 Å². The largest absolute Gasteiger partial charge is 0.313 e. The van der Waals surface area contributed by atoms with E-state index in [0.29, 0.717) is 26.2 Å². The van der Waals surface area contributed by atoms with E-state index in [1.165, 1.54) is 12.1 Å². The average Bonchev–Trinajstić information content (AvgIpc) is 2.22. The van der Waals surface area contributed by atoms with Crippen LogP contribution in [0.3, 0.4) is 0 Å². The highest BCUT2D eigenvalue weighted by atomic mass is 35.5. The van der Waals surface area contributed by atoms with E-state index in [1.807, 2.05) is 0 Å². The first kappa shape index (κ1) is 12.8. The number of nitrogens with one attached hydrogen (secondary N) is 1. The van der Waals surface area contributed by atoms with Gasteiger partial charge in [0, 0.05) is 16.7 Å². The van der Waals surface area contributed by atoms with Crippen LogP contribution in [0.5, 0.6) is 0 Å². The molecule has 2 nitrogen and oxygen atoms in total. The van der Waals surface area contributed by atoms with Crippen molar-refractivity contribution in [1.82, 2.24) is 4.98 Å². The van der Waals surface area contributed by atoms with Crippen molar-refractivity contribution in [3.8, 4) is 11.1 Å². The SMILES string of the molecule is O=c1cc(-c2cc(Cl)cc(Cl)c2Cl)cc(Cl)[nH]1. The molecule has 1 N–H and O–H groups in total. The van der Waals surface area contributed by atoms with Crippen LogP contribution in [0.4, 0.5) is 0 Å². The number of hydrogen-bond acceptors (Lipinski definition) is 1. The predicted octanol–water partition coefficient (Wildman–Crippen LogP) is 4.66. The Kier molecular flexibility index (Phi) is 3.69. The maximum atomic E-state index is 11.3. The fourth-order valence-electron chi connectivity index (χ4n) is 1.43. The molecule has 1 heterocycles. The Labute approximate surface area is 117 Å². The third-order valence-corrected chi connectivity index (χ3v) is 3.34. The number of aromatic amines is 1. The van der Waals surface area contributed by atoms with Gasteiger partial charge in [0.25, 0.3) is 0 Å². The van der Waals surface area contributed by atoms with Crippen LogP contribution in [-0.4, -0.2) is 4.98 Å². The van der Waals surface area contributed by atoms with Crippen LogP contribution in [-0.2, 0) is 0 Å². The van der Waals surface area contributed by atoms with Gasteiger partial charge in [-0.05, 0) is 23.8 Å². The molecule has 17 heavy (non-hydrogen) atoms. The smallest absolute Gasteiger partial charge is 0.249 e. The first-order valence-corrected chi connectivity index (χ1v) is 6.03. The second-order valence-electron chi connectivity index (χ2n) is 3.33. The summed E-state index contributed by atoms with van der Waals surface area (Å²) in [5.74, 6) is 0. The Morgan fingerprint density at radius 3 is 2.29 bits per heavy atom. The Morgan fingerprint density at radius 2 is 1.65 bits per heavy atom. The summed E-state index contributed by atoms with van der Waals surface area (Å²) in [7, 11) is 0. The summed E-state index contributed by atoms with van der Waals surface area (Å²) in [6, 6.07) is 6.11. The Morgan fingerprint density at radius 1 is 0.941 bits per heavy atom. The zero-order chi connectivity index (χ0) is 12.6. The summed E-state index contributed by atoms with van der Waals surface area (Å²) in [4.78, 5) is 13.7. The van der Waals surface area contributed by atoms with Crippen LogP contribution in [0.25, 0.3) is 11.1 Å². The standard InChI is InChI=1S/C11H5Cl4NO/c12-6-3-7(11(15)8(13)4-6)5-1-9(14)16-10(17)2-5/h1-4H,(H,16,17). The van der Waals surface area contributed by atoms with Crippen molar-refractivity contribution in [2.45, 2.75) is 0 Å². The summed E-state index contributed by atoms with van der Waals surface area (Å²) in [6.45, 7) is 0. The van der Waals surface area contributed by atoms with Crippen LogP contribution in [0.15, 0.2) is 29.1 Å². The summed E-state index contributed by atoms with van der Waals surface area (Å²) < 4.78 is 0. The van der Waals surface area contributed by atoms with Gasteiger partial charge in [0.05, 0.1) is 10.0 Å². The van der Waals surface area contributed by atoms with Crippen molar-refractivity contribution in [1.29, 1.82) is 0 Å². The van der Waals surface area contributed by atoms with Gasteiger partial charge in [-0.15, -0.1) is 0 Å². The summed E-state index contributed by atoms with van der Waals surface area (Å²) in [5.41, 5.74) is 0.810. The molecule has 0 aliphatic heterocycles. The molecule has 0 unspecified atom stereocenters. The fraction of sp³-hybridized carbons (Fsp3) is 0. The minimum atomic E-state index is -0.320. The number of benzene rings is 1. The third-order valence-electron chi connectivity index (χ3n) is 2.12. The van der Waals surface area contributed by atoms with Gasteiger partial charge in [-0.2, -0.15) is 0 Å². The third kappa shape index (κ3) is 2.78. The molecule has 1 aromatic carbocycles. The van der Waals surface area contributed by atoms with E-state index in [1.54, 1.807) is 12.1 Å². The molecular formula is C11H5Cl4NO. The molecule has 0 saturated carbocycles. The Balaban J connectivity index is 2.72. The molecule has 0 saturated heterocycles. The molecule has 1 aromatic heterocycles. The number of H-pyrrole nitrogens is 1. The maximum Gasteiger partial charge on any atom is 0.249 e. The molecule has 0 spiro atoms. The monoisotopic (exact) mass is 307 g/mol. The summed E-state index contributed by atoms with van der Waals surface area (Å²) in [6.07, 6.45) is 0. The minimum absolute atomic E-state index is 0.222. The van der Waals surface area contributed by atoms with E-state index in [0.717, 1.165) is 0 Å². The lowest BCUT2D eigenvalue weighted by atomic mass is 10.1. The second-order valence-corrected chi connectivity index (χ2v) is 4.96. The lowest BCUT2D eigenvalue weighted by Crippen LogP contribution is -2.03. The normalized spacial score (nSPS) is 10.6. The van der Waals surface area contributed by atoms with E-state index >= 15 is 0 Å². The lowest BCUT2D eigenvalue weighted by molar-refractivity contribution is 1.24. The van der Waals surface area contributed by atoms with E-state index < -0.39 is 0 Å². The van der Waals surface area contributed by atoms with Crippen molar-refractivity contribution >= 4 is 46.4 Å². The molecule has 2 aromatic rings. The highest BCUT2D eigenvalue weighted by Gasteiger charge is 2.10. The van der Waals surface area contributed by atoms with Gasteiger partial charge in [-0.3, -0.25) is 4.79 Å². The van der Waals surface area contributed by atoms with Crippen molar-refractivity contribution < 1.29 is 0 Å². The van der Waals surface area contributed by atoms with Crippen molar-refractivity contribution in [2.24, 2.45) is 0 Å². The van der Waals surface area contributed by atoms with Crippen molar-refractivity contribution in [2.75, 3.05) is 0 Å². The summed E-state index contributed by atoms with van der Waals surface area (Å²) >= 11 is 23.6. The fourth-order valence-corrected chi connectivity index (χ4v) is 2.35.